The van der Waals surface area contributed by atoms with Crippen molar-refractivity contribution in [3.63, 3.8) is 0 Å². The molecule has 0 aliphatic carbocycles. The number of carbonyl (C=O) groups excluding carboxylic acids is 1. The monoisotopic (exact) mass is 292 g/mol. The number of nitro benzene ring substituents is 1. The molecule has 2 rings (SSSR count). The topological polar surface area (TPSA) is 92.5 Å². The number of rotatable bonds is 3. The van der Waals surface area contributed by atoms with Crippen molar-refractivity contribution in [1.82, 2.24) is 0 Å². The molecule has 0 heterocycles. The maximum atomic E-state index is 12.0. The lowest BCUT2D eigenvalue weighted by atomic mass is 10.2. The van der Waals surface area contributed by atoms with Gasteiger partial charge in [0, 0.05) is 17.8 Å². The van der Waals surface area contributed by atoms with Crippen LogP contribution in [0.4, 0.5) is 11.4 Å². The Labute approximate surface area is 118 Å². The predicted octanol–water partition coefficient (Wildman–Crippen LogP) is 3.21. The summed E-state index contributed by atoms with van der Waals surface area (Å²) in [7, 11) is 0. The predicted molar refractivity (Wildman–Crippen MR) is 74.2 cm³/mol. The maximum Gasteiger partial charge on any atom is 0.270 e. The zero-order valence-corrected chi connectivity index (χ0v) is 10.8. The van der Waals surface area contributed by atoms with E-state index in [1.54, 1.807) is 0 Å². The Balaban J connectivity index is 2.21. The summed E-state index contributed by atoms with van der Waals surface area (Å²) in [6, 6.07) is 9.50. The third-order valence-electron chi connectivity index (χ3n) is 2.53. The number of nitrogens with zero attached hydrogens (tertiary/aromatic N) is 1. The number of benzene rings is 2. The lowest BCUT2D eigenvalue weighted by molar-refractivity contribution is -0.384. The molecule has 0 aliphatic heterocycles. The minimum Gasteiger partial charge on any atom is -0.508 e. The number of hydrogen-bond donors (Lipinski definition) is 2. The number of hydrogen-bond acceptors (Lipinski definition) is 4. The molecule has 0 saturated carbocycles. The normalized spacial score (nSPS) is 10.1. The molecule has 20 heavy (non-hydrogen) atoms. The molecule has 0 fully saturated rings. The number of non-ortho nitro benzene ring substituents is 1. The Morgan fingerprint density at radius 2 is 1.85 bits per heavy atom. The smallest absolute Gasteiger partial charge is 0.270 e. The first-order chi connectivity index (χ1) is 9.47. The van der Waals surface area contributed by atoms with Crippen LogP contribution in [0.1, 0.15) is 10.4 Å². The van der Waals surface area contributed by atoms with Gasteiger partial charge in [0.05, 0.1) is 15.5 Å². The van der Waals surface area contributed by atoms with Gasteiger partial charge in [0.15, 0.2) is 0 Å². The highest BCUT2D eigenvalue weighted by atomic mass is 35.5. The number of phenols is 1. The molecule has 6 nitrogen and oxygen atoms in total. The average molecular weight is 293 g/mol. The van der Waals surface area contributed by atoms with Crippen molar-refractivity contribution in [2.24, 2.45) is 0 Å². The molecule has 7 heteroatoms. The minimum atomic E-state index is -0.590. The number of anilines is 1. The Bertz CT molecular complexity index is 671. The van der Waals surface area contributed by atoms with Gasteiger partial charge in [0.1, 0.15) is 5.75 Å². The van der Waals surface area contributed by atoms with E-state index in [1.165, 1.54) is 36.4 Å². The Morgan fingerprint density at radius 1 is 1.20 bits per heavy atom. The van der Waals surface area contributed by atoms with E-state index in [2.05, 4.69) is 5.32 Å². The summed E-state index contributed by atoms with van der Waals surface area (Å²) in [5.41, 5.74) is 0.420. The molecule has 102 valence electrons. The number of phenolic OH excluding ortho intramolecular Hbond substituents is 1. The third kappa shape index (κ3) is 3.04. The molecule has 1 amide bonds. The highest BCUT2D eigenvalue weighted by Gasteiger charge is 2.15. The van der Waals surface area contributed by atoms with E-state index in [1.807, 2.05) is 0 Å². The number of nitrogens with one attached hydrogen (secondary N) is 1. The van der Waals surface area contributed by atoms with E-state index in [0.29, 0.717) is 5.69 Å². The van der Waals surface area contributed by atoms with Crippen LogP contribution in [0.5, 0.6) is 5.75 Å². The van der Waals surface area contributed by atoms with Crippen molar-refractivity contribution < 1.29 is 14.8 Å². The van der Waals surface area contributed by atoms with Crippen LogP contribution >= 0.6 is 11.6 Å². The van der Waals surface area contributed by atoms with Crippen molar-refractivity contribution in [2.75, 3.05) is 5.32 Å². The molecular weight excluding hydrogens is 284 g/mol. The molecular formula is C13H9ClN2O4. The fraction of sp³-hybridized carbons (Fsp3) is 0. The first-order valence-electron chi connectivity index (χ1n) is 5.51. The van der Waals surface area contributed by atoms with Crippen LogP contribution in [0, 0.1) is 10.1 Å². The first kappa shape index (κ1) is 13.8. The molecule has 0 atom stereocenters. The zero-order valence-electron chi connectivity index (χ0n) is 10.0. The summed E-state index contributed by atoms with van der Waals surface area (Å²) in [5, 5.41) is 22.3. The number of halogens is 1. The van der Waals surface area contributed by atoms with Crippen LogP contribution < -0.4 is 5.32 Å². The van der Waals surface area contributed by atoms with E-state index in [4.69, 9.17) is 16.7 Å². The van der Waals surface area contributed by atoms with E-state index in [0.717, 1.165) is 6.07 Å². The fourth-order valence-electron chi connectivity index (χ4n) is 1.54. The third-order valence-corrected chi connectivity index (χ3v) is 2.85. The second-order valence-electron chi connectivity index (χ2n) is 3.92. The van der Waals surface area contributed by atoms with Crippen LogP contribution in [0.15, 0.2) is 42.5 Å². The molecule has 0 radical (unpaired) electrons. The van der Waals surface area contributed by atoms with Crippen LogP contribution in [0.3, 0.4) is 0 Å². The second-order valence-corrected chi connectivity index (χ2v) is 4.33. The van der Waals surface area contributed by atoms with Gasteiger partial charge in [0.25, 0.3) is 11.6 Å². The second kappa shape index (κ2) is 5.58. The summed E-state index contributed by atoms with van der Waals surface area (Å²) in [6.45, 7) is 0. The Hall–Kier alpha value is -2.60. The average Bonchev–Trinajstić information content (AvgIpc) is 2.41. The van der Waals surface area contributed by atoms with Gasteiger partial charge in [-0.15, -0.1) is 0 Å². The van der Waals surface area contributed by atoms with E-state index in [-0.39, 0.29) is 22.0 Å². The van der Waals surface area contributed by atoms with Gasteiger partial charge in [-0.2, -0.15) is 0 Å². The summed E-state index contributed by atoms with van der Waals surface area (Å²) >= 11 is 5.85. The van der Waals surface area contributed by atoms with Crippen LogP contribution in [-0.4, -0.2) is 15.9 Å². The van der Waals surface area contributed by atoms with Gasteiger partial charge in [0.2, 0.25) is 0 Å². The maximum absolute atomic E-state index is 12.0. The van der Waals surface area contributed by atoms with Crippen LogP contribution in [0.2, 0.25) is 5.02 Å². The molecule has 0 bridgehead atoms. The van der Waals surface area contributed by atoms with E-state index < -0.39 is 10.8 Å². The first-order valence-corrected chi connectivity index (χ1v) is 5.89. The van der Waals surface area contributed by atoms with Gasteiger partial charge in [-0.05, 0) is 30.3 Å². The van der Waals surface area contributed by atoms with E-state index >= 15 is 0 Å². The lowest BCUT2D eigenvalue weighted by Gasteiger charge is -2.06. The summed E-state index contributed by atoms with van der Waals surface area (Å²) < 4.78 is 0. The largest absolute Gasteiger partial charge is 0.508 e. The standard InChI is InChI=1S/C13H9ClN2O4/c14-12-7-9(16(19)20)3-6-11(12)13(18)15-8-1-4-10(17)5-2-8/h1-7,17H,(H,15,18). The molecule has 0 saturated heterocycles. The highest BCUT2D eigenvalue weighted by Crippen LogP contribution is 2.23. The Kier molecular flexibility index (Phi) is 3.86. The number of carbonyl (C=O) groups is 1. The summed E-state index contributed by atoms with van der Waals surface area (Å²) in [6.07, 6.45) is 0. The van der Waals surface area contributed by atoms with Crippen molar-refractivity contribution in [2.45, 2.75) is 0 Å². The van der Waals surface area contributed by atoms with Crippen molar-refractivity contribution in [3.05, 3.63) is 63.2 Å². The van der Waals surface area contributed by atoms with Gasteiger partial charge in [-0.1, -0.05) is 11.6 Å². The molecule has 0 spiro atoms. The van der Waals surface area contributed by atoms with Crippen LogP contribution in [0.25, 0.3) is 0 Å². The van der Waals surface area contributed by atoms with Crippen molar-refractivity contribution in [1.29, 1.82) is 0 Å². The zero-order chi connectivity index (χ0) is 14.7. The summed E-state index contributed by atoms with van der Waals surface area (Å²) in [4.78, 5) is 22.0. The molecule has 2 aromatic rings. The lowest BCUT2D eigenvalue weighted by Crippen LogP contribution is -2.12. The van der Waals surface area contributed by atoms with Gasteiger partial charge in [-0.3, -0.25) is 14.9 Å². The number of amides is 1. The summed E-state index contributed by atoms with van der Waals surface area (Å²) in [5.74, 6) is -0.410. The van der Waals surface area contributed by atoms with Crippen LogP contribution in [-0.2, 0) is 0 Å². The highest BCUT2D eigenvalue weighted by molar-refractivity contribution is 6.34. The van der Waals surface area contributed by atoms with Gasteiger partial charge in [-0.25, -0.2) is 0 Å². The molecule has 0 aromatic heterocycles. The minimum absolute atomic E-state index is 0.00419. The van der Waals surface area contributed by atoms with Crippen molar-refractivity contribution in [3.8, 4) is 5.75 Å². The molecule has 0 unspecified atom stereocenters. The van der Waals surface area contributed by atoms with E-state index in [9.17, 15) is 14.9 Å². The Morgan fingerprint density at radius 3 is 2.40 bits per heavy atom. The van der Waals surface area contributed by atoms with Gasteiger partial charge < -0.3 is 10.4 Å². The molecule has 2 N–H and O–H groups in total. The number of aromatic hydroxyl groups is 1. The SMILES string of the molecule is O=C(Nc1ccc(O)cc1)c1ccc([N+](=O)[O-])cc1Cl. The van der Waals surface area contributed by atoms with Crippen molar-refractivity contribution >= 4 is 28.9 Å². The number of nitro groups is 1. The van der Waals surface area contributed by atoms with Gasteiger partial charge >= 0.3 is 0 Å². The fourth-order valence-corrected chi connectivity index (χ4v) is 1.81. The molecule has 0 aliphatic rings. The molecule has 2 aromatic carbocycles. The quantitative estimate of drug-likeness (QED) is 0.516.